The van der Waals surface area contributed by atoms with Gasteiger partial charge < -0.3 is 15.2 Å². The van der Waals surface area contributed by atoms with Crippen LogP contribution in [0.5, 0.6) is 0 Å². The standard InChI is InChI=1S/C17H17N5O2S/c1-10(15-21-20-14-3-2-7-22(14)15)18-16(23)17(24)19-12-4-5-13-11(9-12)6-8-25-13/h4-6,8-10H,2-3,7H2,1H3,(H,18,23)(H,19,24)/t10-/m0/s1. The summed E-state index contributed by atoms with van der Waals surface area (Å²) in [4.78, 5) is 24.4. The number of thiophene rings is 1. The average Bonchev–Trinajstić information content (AvgIpc) is 3.30. The maximum Gasteiger partial charge on any atom is 0.313 e. The zero-order valence-electron chi connectivity index (χ0n) is 13.7. The van der Waals surface area contributed by atoms with Crippen LogP contribution in [0.3, 0.4) is 0 Å². The Bertz CT molecular complexity index is 961. The van der Waals surface area contributed by atoms with E-state index in [1.807, 2.05) is 28.1 Å². The van der Waals surface area contributed by atoms with Crippen molar-refractivity contribution in [1.29, 1.82) is 0 Å². The number of hydrogen-bond donors (Lipinski definition) is 2. The maximum absolute atomic E-state index is 12.2. The molecule has 2 aromatic heterocycles. The number of rotatable bonds is 3. The van der Waals surface area contributed by atoms with E-state index in [0.717, 1.165) is 35.3 Å². The van der Waals surface area contributed by atoms with Gasteiger partial charge in [0, 0.05) is 23.4 Å². The fourth-order valence-corrected chi connectivity index (χ4v) is 3.82. The van der Waals surface area contributed by atoms with Gasteiger partial charge >= 0.3 is 11.8 Å². The molecule has 2 amide bonds. The van der Waals surface area contributed by atoms with E-state index in [-0.39, 0.29) is 6.04 Å². The van der Waals surface area contributed by atoms with Crippen LogP contribution in [0, 0.1) is 0 Å². The van der Waals surface area contributed by atoms with E-state index in [9.17, 15) is 9.59 Å². The Morgan fingerprint density at radius 2 is 2.12 bits per heavy atom. The van der Waals surface area contributed by atoms with Gasteiger partial charge in [0.1, 0.15) is 5.82 Å². The van der Waals surface area contributed by atoms with Gasteiger partial charge in [-0.05, 0) is 48.4 Å². The van der Waals surface area contributed by atoms with E-state index >= 15 is 0 Å². The second kappa shape index (κ2) is 6.29. The number of nitrogens with zero attached hydrogens (tertiary/aromatic N) is 3. The van der Waals surface area contributed by atoms with E-state index in [4.69, 9.17) is 0 Å². The van der Waals surface area contributed by atoms with Crippen molar-refractivity contribution in [3.63, 3.8) is 0 Å². The highest BCUT2D eigenvalue weighted by Crippen LogP contribution is 2.24. The van der Waals surface area contributed by atoms with Gasteiger partial charge in [-0.3, -0.25) is 9.59 Å². The average molecular weight is 355 g/mol. The molecule has 8 heteroatoms. The minimum atomic E-state index is -0.692. The number of aromatic nitrogens is 3. The number of fused-ring (bicyclic) bond motifs is 2. The Balaban J connectivity index is 1.42. The SMILES string of the molecule is C[C@H](NC(=O)C(=O)Nc1ccc2sccc2c1)c1nnc2n1CCC2. The van der Waals surface area contributed by atoms with Crippen molar-refractivity contribution in [1.82, 2.24) is 20.1 Å². The number of anilines is 1. The first-order chi connectivity index (χ1) is 12.1. The van der Waals surface area contributed by atoms with Crippen LogP contribution in [0.1, 0.15) is 31.0 Å². The summed E-state index contributed by atoms with van der Waals surface area (Å²) in [6, 6.07) is 7.17. The van der Waals surface area contributed by atoms with Crippen LogP contribution >= 0.6 is 11.3 Å². The summed E-state index contributed by atoms with van der Waals surface area (Å²) in [6.45, 7) is 2.66. The van der Waals surface area contributed by atoms with Gasteiger partial charge in [-0.2, -0.15) is 0 Å². The van der Waals surface area contributed by atoms with E-state index in [2.05, 4.69) is 20.8 Å². The van der Waals surface area contributed by atoms with Gasteiger partial charge in [-0.1, -0.05) is 0 Å². The molecule has 0 bridgehead atoms. The third kappa shape index (κ3) is 3.00. The highest BCUT2D eigenvalue weighted by atomic mass is 32.1. The lowest BCUT2D eigenvalue weighted by Gasteiger charge is -2.13. The fraction of sp³-hybridized carbons (Fsp3) is 0.294. The summed E-state index contributed by atoms with van der Waals surface area (Å²) in [7, 11) is 0. The van der Waals surface area contributed by atoms with E-state index < -0.39 is 11.8 Å². The number of nitrogens with one attached hydrogen (secondary N) is 2. The molecule has 0 saturated heterocycles. The molecule has 2 N–H and O–H groups in total. The molecule has 4 rings (SSSR count). The van der Waals surface area contributed by atoms with Gasteiger partial charge in [0.25, 0.3) is 0 Å². The third-order valence-electron chi connectivity index (χ3n) is 4.29. The summed E-state index contributed by atoms with van der Waals surface area (Å²) in [5.41, 5.74) is 0.599. The van der Waals surface area contributed by atoms with Crippen molar-refractivity contribution >= 4 is 38.9 Å². The number of aryl methyl sites for hydroxylation is 1. The Morgan fingerprint density at radius 3 is 3.00 bits per heavy atom. The molecule has 0 radical (unpaired) electrons. The number of amides is 2. The zero-order chi connectivity index (χ0) is 17.4. The van der Waals surface area contributed by atoms with Crippen molar-refractivity contribution in [3.05, 3.63) is 41.3 Å². The topological polar surface area (TPSA) is 88.9 Å². The second-order valence-electron chi connectivity index (χ2n) is 6.05. The van der Waals surface area contributed by atoms with Crippen molar-refractivity contribution in [2.24, 2.45) is 0 Å². The van der Waals surface area contributed by atoms with Crippen molar-refractivity contribution in [3.8, 4) is 0 Å². The molecule has 3 aromatic rings. The molecule has 0 aliphatic carbocycles. The highest BCUT2D eigenvalue weighted by Gasteiger charge is 2.24. The predicted molar refractivity (Wildman–Crippen MR) is 95.4 cm³/mol. The second-order valence-corrected chi connectivity index (χ2v) is 7.00. The van der Waals surface area contributed by atoms with Crippen LogP contribution in [0.25, 0.3) is 10.1 Å². The van der Waals surface area contributed by atoms with Gasteiger partial charge in [0.2, 0.25) is 0 Å². The molecule has 25 heavy (non-hydrogen) atoms. The van der Waals surface area contributed by atoms with Gasteiger partial charge in [0.15, 0.2) is 5.82 Å². The predicted octanol–water partition coefficient (Wildman–Crippen LogP) is 2.25. The lowest BCUT2D eigenvalue weighted by molar-refractivity contribution is -0.136. The molecule has 0 unspecified atom stereocenters. The molecular weight excluding hydrogens is 338 g/mol. The van der Waals surface area contributed by atoms with Crippen molar-refractivity contribution < 1.29 is 9.59 Å². The first kappa shape index (κ1) is 15.8. The van der Waals surface area contributed by atoms with Gasteiger partial charge in [-0.15, -0.1) is 21.5 Å². The molecule has 3 heterocycles. The number of hydrogen-bond acceptors (Lipinski definition) is 5. The van der Waals surface area contributed by atoms with Gasteiger partial charge in [0.05, 0.1) is 6.04 Å². The van der Waals surface area contributed by atoms with Crippen LogP contribution < -0.4 is 10.6 Å². The first-order valence-electron chi connectivity index (χ1n) is 8.13. The summed E-state index contributed by atoms with van der Waals surface area (Å²) in [6.07, 6.45) is 1.93. The number of carbonyl (C=O) groups is 2. The largest absolute Gasteiger partial charge is 0.338 e. The van der Waals surface area contributed by atoms with Crippen LogP contribution in [-0.2, 0) is 22.6 Å². The summed E-state index contributed by atoms with van der Waals surface area (Å²) in [5, 5.41) is 16.6. The maximum atomic E-state index is 12.2. The minimum absolute atomic E-state index is 0.378. The molecule has 1 aliphatic rings. The molecule has 1 aliphatic heterocycles. The van der Waals surface area contributed by atoms with Crippen LogP contribution in [0.15, 0.2) is 29.6 Å². The van der Waals surface area contributed by atoms with Crippen LogP contribution in [0.2, 0.25) is 0 Å². The first-order valence-corrected chi connectivity index (χ1v) is 9.01. The van der Waals surface area contributed by atoms with E-state index in [1.165, 1.54) is 0 Å². The summed E-state index contributed by atoms with van der Waals surface area (Å²) in [5.74, 6) is 0.244. The van der Waals surface area contributed by atoms with E-state index in [0.29, 0.717) is 11.5 Å². The molecule has 1 atom stereocenters. The Hall–Kier alpha value is -2.74. The highest BCUT2D eigenvalue weighted by molar-refractivity contribution is 7.17. The van der Waals surface area contributed by atoms with Crippen molar-refractivity contribution in [2.75, 3.05) is 5.32 Å². The zero-order valence-corrected chi connectivity index (χ0v) is 14.5. The van der Waals surface area contributed by atoms with Gasteiger partial charge in [-0.25, -0.2) is 0 Å². The molecule has 0 spiro atoms. The lowest BCUT2D eigenvalue weighted by atomic mass is 10.2. The fourth-order valence-electron chi connectivity index (χ4n) is 3.05. The summed E-state index contributed by atoms with van der Waals surface area (Å²) < 4.78 is 3.14. The molecule has 1 aromatic carbocycles. The smallest absolute Gasteiger partial charge is 0.313 e. The minimum Gasteiger partial charge on any atom is -0.338 e. The molecular formula is C17H17N5O2S. The molecule has 0 saturated carbocycles. The third-order valence-corrected chi connectivity index (χ3v) is 5.19. The van der Waals surface area contributed by atoms with Crippen LogP contribution in [-0.4, -0.2) is 26.6 Å². The van der Waals surface area contributed by atoms with Crippen molar-refractivity contribution in [2.45, 2.75) is 32.4 Å². The molecule has 7 nitrogen and oxygen atoms in total. The molecule has 0 fully saturated rings. The number of benzene rings is 1. The van der Waals surface area contributed by atoms with Crippen LogP contribution in [0.4, 0.5) is 5.69 Å². The Labute approximate surface area is 148 Å². The molecule has 128 valence electrons. The summed E-state index contributed by atoms with van der Waals surface area (Å²) >= 11 is 1.63. The monoisotopic (exact) mass is 355 g/mol. The normalized spacial score (nSPS) is 14.3. The quantitative estimate of drug-likeness (QED) is 0.705. The van der Waals surface area contributed by atoms with E-state index in [1.54, 1.807) is 24.3 Å². The lowest BCUT2D eigenvalue weighted by Crippen LogP contribution is -2.37. The number of carbonyl (C=O) groups excluding carboxylic acids is 2. The Kier molecular flexibility index (Phi) is 3.96. The Morgan fingerprint density at radius 1 is 1.24 bits per heavy atom.